The summed E-state index contributed by atoms with van der Waals surface area (Å²) in [6.45, 7) is 0.0362. The smallest absolute Gasteiger partial charge is 0.356 e. The van der Waals surface area contributed by atoms with Crippen LogP contribution in [0.3, 0.4) is 0 Å². The fourth-order valence-corrected chi connectivity index (χ4v) is 3.84. The second-order valence-electron chi connectivity index (χ2n) is 6.68. The highest BCUT2D eigenvalue weighted by atomic mass is 32.2. The lowest BCUT2D eigenvalue weighted by Crippen LogP contribution is -2.34. The lowest BCUT2D eigenvalue weighted by atomic mass is 10.1. The molecule has 0 aliphatic rings. The Bertz CT molecular complexity index is 961. The molecule has 0 heterocycles. The third kappa shape index (κ3) is 7.01. The van der Waals surface area contributed by atoms with Gasteiger partial charge in [-0.15, -0.1) is 0 Å². The largest absolute Gasteiger partial charge is 0.418 e. The lowest BCUT2D eigenvalue weighted by Gasteiger charge is -2.25. The van der Waals surface area contributed by atoms with Crippen molar-refractivity contribution in [3.63, 3.8) is 0 Å². The molecule has 30 heavy (non-hydrogen) atoms. The molecule has 0 unspecified atom stereocenters. The van der Waals surface area contributed by atoms with Crippen LogP contribution in [0.2, 0.25) is 0 Å². The number of hydrogen-bond donors (Lipinski definition) is 1. The lowest BCUT2D eigenvalue weighted by molar-refractivity contribution is -0.137. The number of alkyl halides is 3. The Kier molecular flexibility index (Phi) is 7.83. The zero-order chi connectivity index (χ0) is 22.4. The van der Waals surface area contributed by atoms with Crippen molar-refractivity contribution in [3.05, 3.63) is 65.5 Å². The van der Waals surface area contributed by atoms with Gasteiger partial charge in [-0.2, -0.15) is 13.2 Å². The number of amides is 1. The topological polar surface area (TPSA) is 66.5 Å². The molecular weight excluding hydrogens is 424 g/mol. The fourth-order valence-electron chi connectivity index (χ4n) is 2.86. The quantitative estimate of drug-likeness (QED) is 0.597. The fraction of sp³-hybridized carbons (Fsp3) is 0.350. The molecule has 5 nitrogen and oxygen atoms in total. The molecule has 0 saturated carbocycles. The number of anilines is 1. The van der Waals surface area contributed by atoms with Crippen LogP contribution in [0.4, 0.5) is 23.2 Å². The van der Waals surface area contributed by atoms with Gasteiger partial charge in [-0.1, -0.05) is 24.3 Å². The first-order valence-electron chi connectivity index (χ1n) is 9.13. The molecule has 0 fully saturated rings. The molecule has 1 amide bonds. The van der Waals surface area contributed by atoms with E-state index in [1.165, 1.54) is 24.3 Å². The molecule has 10 heteroatoms. The van der Waals surface area contributed by atoms with Crippen LogP contribution < -0.4 is 9.62 Å². The van der Waals surface area contributed by atoms with Crippen molar-refractivity contribution in [2.45, 2.75) is 25.4 Å². The van der Waals surface area contributed by atoms with E-state index in [9.17, 15) is 30.8 Å². The van der Waals surface area contributed by atoms with Crippen LogP contribution in [-0.4, -0.2) is 33.7 Å². The Labute approximate surface area is 172 Å². The molecule has 0 aliphatic carbocycles. The molecule has 2 rings (SSSR count). The molecule has 1 N–H and O–H groups in total. The van der Waals surface area contributed by atoms with Crippen LogP contribution in [0, 0.1) is 5.82 Å². The van der Waals surface area contributed by atoms with Crippen molar-refractivity contribution in [1.82, 2.24) is 5.32 Å². The van der Waals surface area contributed by atoms with Gasteiger partial charge in [-0.25, -0.2) is 12.8 Å². The highest BCUT2D eigenvalue weighted by molar-refractivity contribution is 7.92. The van der Waals surface area contributed by atoms with Crippen molar-refractivity contribution in [1.29, 1.82) is 0 Å². The Morgan fingerprint density at radius 1 is 1.07 bits per heavy atom. The number of nitrogens with zero attached hydrogens (tertiary/aromatic N) is 1. The first kappa shape index (κ1) is 23.7. The molecule has 0 aromatic heterocycles. The second-order valence-corrected chi connectivity index (χ2v) is 8.59. The maximum atomic E-state index is 13.2. The van der Waals surface area contributed by atoms with Gasteiger partial charge in [0.15, 0.2) is 0 Å². The Morgan fingerprint density at radius 3 is 2.30 bits per heavy atom. The summed E-state index contributed by atoms with van der Waals surface area (Å²) in [4.78, 5) is 12.0. The van der Waals surface area contributed by atoms with Crippen LogP contribution in [0.1, 0.15) is 24.0 Å². The van der Waals surface area contributed by atoms with Crippen LogP contribution in [-0.2, 0) is 27.4 Å². The van der Waals surface area contributed by atoms with Crippen molar-refractivity contribution >= 4 is 21.6 Å². The average Bonchev–Trinajstić information content (AvgIpc) is 2.65. The standard InChI is InChI=1S/C20H22F4N2O3S/c1-30(28,29)26(18-6-3-2-5-17(18)20(22,23)24)14-4-7-19(27)25-13-12-15-8-10-16(21)11-9-15/h2-3,5-6,8-11H,4,7,12-14H2,1H3,(H,25,27). The number of sulfonamides is 1. The van der Waals surface area contributed by atoms with E-state index in [2.05, 4.69) is 5.32 Å². The van der Waals surface area contributed by atoms with Crippen LogP contribution in [0.15, 0.2) is 48.5 Å². The van der Waals surface area contributed by atoms with Gasteiger partial charge in [-0.3, -0.25) is 9.10 Å². The summed E-state index contributed by atoms with van der Waals surface area (Å²) in [6.07, 6.45) is -3.41. The number of halogens is 4. The van der Waals surface area contributed by atoms with Gasteiger partial charge >= 0.3 is 6.18 Å². The maximum Gasteiger partial charge on any atom is 0.418 e. The van der Waals surface area contributed by atoms with Crippen molar-refractivity contribution < 1.29 is 30.8 Å². The molecule has 0 aliphatic heterocycles. The molecule has 2 aromatic carbocycles. The minimum atomic E-state index is -4.71. The highest BCUT2D eigenvalue weighted by Gasteiger charge is 2.36. The first-order valence-corrected chi connectivity index (χ1v) is 11.0. The van der Waals surface area contributed by atoms with Gasteiger partial charge < -0.3 is 5.32 Å². The van der Waals surface area contributed by atoms with Gasteiger partial charge in [0.05, 0.1) is 17.5 Å². The molecule has 2 aromatic rings. The number of benzene rings is 2. The van der Waals surface area contributed by atoms with E-state index in [0.717, 1.165) is 24.0 Å². The monoisotopic (exact) mass is 446 g/mol. The van der Waals surface area contributed by atoms with Crippen molar-refractivity contribution in [3.8, 4) is 0 Å². The van der Waals surface area contributed by atoms with E-state index in [1.807, 2.05) is 0 Å². The van der Waals surface area contributed by atoms with Gasteiger partial charge in [-0.05, 0) is 42.7 Å². The molecule has 0 saturated heterocycles. The summed E-state index contributed by atoms with van der Waals surface area (Å²) >= 11 is 0. The Morgan fingerprint density at radius 2 is 1.70 bits per heavy atom. The molecule has 164 valence electrons. The minimum Gasteiger partial charge on any atom is -0.356 e. The van der Waals surface area contributed by atoms with E-state index < -0.39 is 27.5 Å². The number of nitrogens with one attached hydrogen (secondary N) is 1. The molecule has 0 radical (unpaired) electrons. The summed E-state index contributed by atoms with van der Waals surface area (Å²) in [6, 6.07) is 10.2. The summed E-state index contributed by atoms with van der Waals surface area (Å²) in [7, 11) is -3.98. The molecule has 0 bridgehead atoms. The summed E-state index contributed by atoms with van der Waals surface area (Å²) in [5, 5.41) is 2.65. The van der Waals surface area contributed by atoms with Gasteiger partial charge in [0.2, 0.25) is 15.9 Å². The summed E-state index contributed by atoms with van der Waals surface area (Å²) in [5.41, 5.74) is -0.688. The molecule has 0 spiro atoms. The Hall–Kier alpha value is -2.62. The number of hydrogen-bond acceptors (Lipinski definition) is 3. The normalized spacial score (nSPS) is 11.9. The summed E-state index contributed by atoms with van der Waals surface area (Å²) in [5.74, 6) is -0.708. The zero-order valence-corrected chi connectivity index (χ0v) is 17.1. The number of para-hydroxylation sites is 1. The number of carbonyl (C=O) groups excluding carboxylic acids is 1. The van der Waals surface area contributed by atoms with Crippen LogP contribution >= 0.6 is 0 Å². The van der Waals surface area contributed by atoms with E-state index >= 15 is 0 Å². The van der Waals surface area contributed by atoms with E-state index in [1.54, 1.807) is 12.1 Å². The first-order chi connectivity index (χ1) is 14.0. The molecule has 0 atom stereocenters. The number of carbonyl (C=O) groups is 1. The maximum absolute atomic E-state index is 13.2. The van der Waals surface area contributed by atoms with E-state index in [0.29, 0.717) is 17.3 Å². The highest BCUT2D eigenvalue weighted by Crippen LogP contribution is 2.37. The SMILES string of the molecule is CS(=O)(=O)N(CCCC(=O)NCCc1ccc(F)cc1)c1ccccc1C(F)(F)F. The minimum absolute atomic E-state index is 0.0433. The van der Waals surface area contributed by atoms with Gasteiger partial charge in [0.25, 0.3) is 0 Å². The molecular formula is C20H22F4N2O3S. The zero-order valence-electron chi connectivity index (χ0n) is 16.2. The van der Waals surface area contributed by atoms with Crippen LogP contribution in [0.5, 0.6) is 0 Å². The third-order valence-electron chi connectivity index (χ3n) is 4.29. The predicted molar refractivity (Wildman–Crippen MR) is 106 cm³/mol. The van der Waals surface area contributed by atoms with Crippen LogP contribution in [0.25, 0.3) is 0 Å². The Balaban J connectivity index is 1.93. The summed E-state index contributed by atoms with van der Waals surface area (Å²) < 4.78 is 77.4. The third-order valence-corrected chi connectivity index (χ3v) is 5.47. The van der Waals surface area contributed by atoms with Crippen molar-refractivity contribution in [2.75, 3.05) is 23.7 Å². The van der Waals surface area contributed by atoms with E-state index in [-0.39, 0.29) is 31.1 Å². The number of rotatable bonds is 9. The van der Waals surface area contributed by atoms with Gasteiger partial charge in [0.1, 0.15) is 5.82 Å². The van der Waals surface area contributed by atoms with Crippen molar-refractivity contribution in [2.24, 2.45) is 0 Å². The second kappa shape index (κ2) is 9.92. The predicted octanol–water partition coefficient (Wildman–Crippen LogP) is 3.75. The van der Waals surface area contributed by atoms with Gasteiger partial charge in [0, 0.05) is 19.5 Å². The van der Waals surface area contributed by atoms with E-state index in [4.69, 9.17) is 0 Å². The average molecular weight is 446 g/mol.